The highest BCUT2D eigenvalue weighted by atomic mass is 16.5. The molecule has 102 valence electrons. The Balaban J connectivity index is 2.18. The van der Waals surface area contributed by atoms with E-state index in [-0.39, 0.29) is 29.8 Å². The van der Waals surface area contributed by atoms with Crippen LogP contribution in [-0.4, -0.2) is 24.4 Å². The number of ketones is 1. The number of carbonyl (C=O) groups is 2. The number of esters is 1. The van der Waals surface area contributed by atoms with E-state index >= 15 is 0 Å². The van der Waals surface area contributed by atoms with E-state index in [2.05, 4.69) is 5.32 Å². The van der Waals surface area contributed by atoms with Crippen LogP contribution < -0.4 is 5.32 Å². The van der Waals surface area contributed by atoms with Crippen LogP contribution in [-0.2, 0) is 14.3 Å². The lowest BCUT2D eigenvalue weighted by atomic mass is 9.90. The Kier molecular flexibility index (Phi) is 4.32. The number of carbonyl (C=O) groups excluding carboxylic acids is 2. The maximum atomic E-state index is 11.8. The van der Waals surface area contributed by atoms with Crippen LogP contribution in [0.15, 0.2) is 30.3 Å². The Labute approximate surface area is 113 Å². The average Bonchev–Trinajstić information content (AvgIpc) is 2.85. The summed E-state index contributed by atoms with van der Waals surface area (Å²) in [4.78, 5) is 23.6. The summed E-state index contributed by atoms with van der Waals surface area (Å²) in [5.41, 5.74) is 1.04. The first-order chi connectivity index (χ1) is 9.13. The zero-order valence-corrected chi connectivity index (χ0v) is 11.3. The summed E-state index contributed by atoms with van der Waals surface area (Å²) in [6.07, 6.45) is 0.508. The molecule has 4 nitrogen and oxygen atoms in total. The molecule has 2 rings (SSSR count). The van der Waals surface area contributed by atoms with Gasteiger partial charge in [-0.1, -0.05) is 30.3 Å². The van der Waals surface area contributed by atoms with Gasteiger partial charge in [0.05, 0.1) is 6.61 Å². The molecule has 4 heteroatoms. The van der Waals surface area contributed by atoms with Gasteiger partial charge in [-0.25, -0.2) is 0 Å². The van der Waals surface area contributed by atoms with Crippen molar-refractivity contribution in [1.29, 1.82) is 0 Å². The van der Waals surface area contributed by atoms with Gasteiger partial charge in [0.25, 0.3) is 0 Å². The van der Waals surface area contributed by atoms with E-state index in [9.17, 15) is 9.59 Å². The second-order valence-electron chi connectivity index (χ2n) is 4.81. The fraction of sp³-hybridized carbons (Fsp3) is 0.467. The molecule has 0 radical (unpaired) electrons. The fourth-order valence-electron chi connectivity index (χ4n) is 2.59. The van der Waals surface area contributed by atoms with Crippen LogP contribution in [0.4, 0.5) is 0 Å². The zero-order chi connectivity index (χ0) is 13.8. The molecule has 1 aliphatic rings. The monoisotopic (exact) mass is 261 g/mol. The molecule has 0 bridgehead atoms. The maximum absolute atomic E-state index is 11.8. The van der Waals surface area contributed by atoms with E-state index in [1.165, 1.54) is 0 Å². The summed E-state index contributed by atoms with van der Waals surface area (Å²) in [7, 11) is 0. The first-order valence-electron chi connectivity index (χ1n) is 6.61. The summed E-state index contributed by atoms with van der Waals surface area (Å²) in [5.74, 6) is -0.336. The first-order valence-corrected chi connectivity index (χ1v) is 6.61. The average molecular weight is 261 g/mol. The lowest BCUT2D eigenvalue weighted by Gasteiger charge is -2.17. The van der Waals surface area contributed by atoms with E-state index in [0.717, 1.165) is 5.56 Å². The Hall–Kier alpha value is -1.68. The maximum Gasteiger partial charge on any atom is 0.323 e. The van der Waals surface area contributed by atoms with E-state index in [1.54, 1.807) is 13.8 Å². The minimum Gasteiger partial charge on any atom is -0.465 e. The molecule has 0 aliphatic carbocycles. The van der Waals surface area contributed by atoms with Crippen molar-refractivity contribution in [2.45, 2.75) is 32.4 Å². The number of rotatable bonds is 4. The molecule has 0 aromatic heterocycles. The SMILES string of the molecule is CCOC(=O)[C@@H]1C[C@H](C(C)=O)[C@H](c2ccccc2)N1. The molecule has 1 aromatic rings. The van der Waals surface area contributed by atoms with Crippen LogP contribution in [0.3, 0.4) is 0 Å². The van der Waals surface area contributed by atoms with Crippen LogP contribution >= 0.6 is 0 Å². The molecule has 3 atom stereocenters. The summed E-state index contributed by atoms with van der Waals surface area (Å²) in [6, 6.07) is 9.26. The highest BCUT2D eigenvalue weighted by Gasteiger charge is 2.40. The predicted octanol–water partition coefficient (Wildman–Crippen LogP) is 1.86. The van der Waals surface area contributed by atoms with Gasteiger partial charge in [0.15, 0.2) is 0 Å². The highest BCUT2D eigenvalue weighted by Crippen LogP contribution is 2.33. The van der Waals surface area contributed by atoms with Gasteiger partial charge in [-0.05, 0) is 25.8 Å². The van der Waals surface area contributed by atoms with Gasteiger partial charge in [0, 0.05) is 12.0 Å². The summed E-state index contributed by atoms with van der Waals surface area (Å²) >= 11 is 0. The van der Waals surface area contributed by atoms with E-state index in [0.29, 0.717) is 13.0 Å². The number of hydrogen-bond acceptors (Lipinski definition) is 4. The van der Waals surface area contributed by atoms with Crippen molar-refractivity contribution in [3.8, 4) is 0 Å². The molecular weight excluding hydrogens is 242 g/mol. The van der Waals surface area contributed by atoms with Crippen molar-refractivity contribution in [1.82, 2.24) is 5.32 Å². The molecule has 1 saturated heterocycles. The van der Waals surface area contributed by atoms with Gasteiger partial charge >= 0.3 is 5.97 Å². The Morgan fingerprint density at radius 2 is 2.00 bits per heavy atom. The van der Waals surface area contributed by atoms with Crippen molar-refractivity contribution < 1.29 is 14.3 Å². The van der Waals surface area contributed by atoms with Crippen molar-refractivity contribution in [2.75, 3.05) is 6.61 Å². The number of Topliss-reactive ketones (excluding diaryl/α,β-unsaturated/α-hetero) is 1. The zero-order valence-electron chi connectivity index (χ0n) is 11.3. The van der Waals surface area contributed by atoms with Crippen LogP contribution in [0.2, 0.25) is 0 Å². The Bertz CT molecular complexity index is 458. The molecule has 0 spiro atoms. The summed E-state index contributed by atoms with van der Waals surface area (Å²) < 4.78 is 5.03. The van der Waals surface area contributed by atoms with Crippen LogP contribution in [0, 0.1) is 5.92 Å². The topological polar surface area (TPSA) is 55.4 Å². The van der Waals surface area contributed by atoms with Crippen LogP contribution in [0.5, 0.6) is 0 Å². The molecule has 1 fully saturated rings. The predicted molar refractivity (Wildman–Crippen MR) is 71.5 cm³/mol. The van der Waals surface area contributed by atoms with Crippen molar-refractivity contribution in [2.24, 2.45) is 5.92 Å². The largest absolute Gasteiger partial charge is 0.465 e. The molecular formula is C15H19NO3. The van der Waals surface area contributed by atoms with Crippen LogP contribution in [0.1, 0.15) is 31.9 Å². The molecule has 0 amide bonds. The third-order valence-corrected chi connectivity index (χ3v) is 3.52. The van der Waals surface area contributed by atoms with Crippen molar-refractivity contribution in [3.05, 3.63) is 35.9 Å². The first kappa shape index (κ1) is 13.7. The van der Waals surface area contributed by atoms with Gasteiger partial charge in [-0.3, -0.25) is 14.9 Å². The number of hydrogen-bond donors (Lipinski definition) is 1. The minimum atomic E-state index is -0.390. The third kappa shape index (κ3) is 3.01. The summed E-state index contributed by atoms with van der Waals surface area (Å²) in [6.45, 7) is 3.72. The van der Waals surface area contributed by atoms with Gasteiger partial charge in [-0.15, -0.1) is 0 Å². The van der Waals surface area contributed by atoms with Gasteiger partial charge < -0.3 is 4.74 Å². The van der Waals surface area contributed by atoms with Crippen LogP contribution in [0.25, 0.3) is 0 Å². The molecule has 0 saturated carbocycles. The second-order valence-corrected chi connectivity index (χ2v) is 4.81. The van der Waals surface area contributed by atoms with Gasteiger partial charge in [0.1, 0.15) is 11.8 Å². The van der Waals surface area contributed by atoms with E-state index in [4.69, 9.17) is 4.74 Å². The number of benzene rings is 1. The fourth-order valence-corrected chi connectivity index (χ4v) is 2.59. The quantitative estimate of drug-likeness (QED) is 0.840. The molecule has 1 aliphatic heterocycles. The smallest absolute Gasteiger partial charge is 0.323 e. The standard InChI is InChI=1S/C15H19NO3/c1-3-19-15(18)13-9-12(10(2)17)14(16-13)11-7-5-4-6-8-11/h4-8,12-14,16H,3,9H2,1-2H3/t12-,13+,14+/m1/s1. The minimum absolute atomic E-state index is 0.104. The molecule has 0 unspecified atom stereocenters. The third-order valence-electron chi connectivity index (χ3n) is 3.52. The second kappa shape index (κ2) is 5.97. The number of ether oxygens (including phenoxy) is 1. The van der Waals surface area contributed by atoms with Crippen molar-refractivity contribution in [3.63, 3.8) is 0 Å². The molecule has 19 heavy (non-hydrogen) atoms. The molecule has 1 N–H and O–H groups in total. The molecule has 1 heterocycles. The van der Waals surface area contributed by atoms with E-state index in [1.807, 2.05) is 30.3 Å². The van der Waals surface area contributed by atoms with Gasteiger partial charge in [-0.2, -0.15) is 0 Å². The normalized spacial score (nSPS) is 26.1. The highest BCUT2D eigenvalue weighted by molar-refractivity contribution is 5.83. The summed E-state index contributed by atoms with van der Waals surface area (Å²) in [5, 5.41) is 3.23. The number of nitrogens with one attached hydrogen (secondary N) is 1. The Morgan fingerprint density at radius 3 is 2.58 bits per heavy atom. The van der Waals surface area contributed by atoms with Gasteiger partial charge in [0.2, 0.25) is 0 Å². The lowest BCUT2D eigenvalue weighted by Crippen LogP contribution is -2.33. The van der Waals surface area contributed by atoms with E-state index < -0.39 is 0 Å². The molecule has 1 aromatic carbocycles. The lowest BCUT2D eigenvalue weighted by molar-refractivity contribution is -0.145. The van der Waals surface area contributed by atoms with Crippen molar-refractivity contribution >= 4 is 11.8 Å². The Morgan fingerprint density at radius 1 is 1.32 bits per heavy atom.